The summed E-state index contributed by atoms with van der Waals surface area (Å²) in [6.07, 6.45) is 0. The third-order valence-corrected chi connectivity index (χ3v) is 4.03. The molecule has 2 nitrogen and oxygen atoms in total. The fraction of sp³-hybridized carbons (Fsp3) is 0.667. The van der Waals surface area contributed by atoms with Crippen molar-refractivity contribution >= 4 is 11.3 Å². The van der Waals surface area contributed by atoms with Gasteiger partial charge >= 0.3 is 0 Å². The van der Waals surface area contributed by atoms with Gasteiger partial charge in [0.15, 0.2) is 0 Å². The molecule has 0 aromatic carbocycles. The van der Waals surface area contributed by atoms with Gasteiger partial charge in [0.05, 0.1) is 5.60 Å². The van der Waals surface area contributed by atoms with Crippen LogP contribution in [-0.4, -0.2) is 17.3 Å². The number of rotatable bonds is 5. The highest BCUT2D eigenvalue weighted by Gasteiger charge is 2.25. The Balaban J connectivity index is 2.44. The van der Waals surface area contributed by atoms with Gasteiger partial charge in [0.1, 0.15) is 0 Å². The molecule has 1 rings (SSSR count). The van der Waals surface area contributed by atoms with Crippen molar-refractivity contribution < 1.29 is 5.11 Å². The van der Waals surface area contributed by atoms with E-state index in [1.165, 1.54) is 4.88 Å². The van der Waals surface area contributed by atoms with Gasteiger partial charge in [-0.15, -0.1) is 11.3 Å². The summed E-state index contributed by atoms with van der Waals surface area (Å²) in [5.74, 6) is 0.264. The summed E-state index contributed by atoms with van der Waals surface area (Å²) in [6.45, 7) is 8.72. The van der Waals surface area contributed by atoms with E-state index in [4.69, 9.17) is 0 Å². The Bertz CT molecular complexity index is 280. The molecule has 1 unspecified atom stereocenters. The van der Waals surface area contributed by atoms with Crippen molar-refractivity contribution in [2.24, 2.45) is 5.92 Å². The van der Waals surface area contributed by atoms with Gasteiger partial charge in [0.25, 0.3) is 0 Å². The van der Waals surface area contributed by atoms with Gasteiger partial charge in [0, 0.05) is 17.5 Å². The summed E-state index contributed by atoms with van der Waals surface area (Å²) >= 11 is 1.75. The van der Waals surface area contributed by atoms with Gasteiger partial charge < -0.3 is 10.4 Å². The maximum atomic E-state index is 10.1. The van der Waals surface area contributed by atoms with Crippen LogP contribution in [0.25, 0.3) is 0 Å². The second-order valence-electron chi connectivity index (χ2n) is 4.63. The molecular weight excluding hydrogens is 206 g/mol. The van der Waals surface area contributed by atoms with Crippen molar-refractivity contribution in [1.82, 2.24) is 5.32 Å². The molecule has 1 heterocycles. The Hall–Kier alpha value is -0.380. The smallest absolute Gasteiger partial charge is 0.0766 e. The first-order valence-corrected chi connectivity index (χ1v) is 6.30. The van der Waals surface area contributed by atoms with Crippen molar-refractivity contribution in [3.05, 3.63) is 22.4 Å². The number of thiophene rings is 1. The van der Waals surface area contributed by atoms with Crippen molar-refractivity contribution in [3.63, 3.8) is 0 Å². The molecule has 2 atom stereocenters. The van der Waals surface area contributed by atoms with Crippen LogP contribution in [0.2, 0.25) is 0 Å². The Kier molecular flexibility index (Phi) is 4.32. The van der Waals surface area contributed by atoms with E-state index >= 15 is 0 Å². The highest BCUT2D eigenvalue weighted by molar-refractivity contribution is 7.10. The van der Waals surface area contributed by atoms with Crippen LogP contribution in [0.3, 0.4) is 0 Å². The van der Waals surface area contributed by atoms with Crippen LogP contribution in [0, 0.1) is 5.92 Å². The van der Waals surface area contributed by atoms with Crippen molar-refractivity contribution in [1.29, 1.82) is 0 Å². The molecule has 0 fully saturated rings. The SMILES string of the molecule is CC(C)C(C)(O)CN[C@@H](C)c1cccs1. The lowest BCUT2D eigenvalue weighted by Gasteiger charge is -2.29. The zero-order valence-corrected chi connectivity index (χ0v) is 10.8. The first kappa shape index (κ1) is 12.7. The van der Waals surface area contributed by atoms with Crippen LogP contribution >= 0.6 is 11.3 Å². The number of hydrogen-bond acceptors (Lipinski definition) is 3. The largest absolute Gasteiger partial charge is 0.389 e. The summed E-state index contributed by atoms with van der Waals surface area (Å²) in [6, 6.07) is 4.49. The third-order valence-electron chi connectivity index (χ3n) is 2.98. The van der Waals surface area contributed by atoms with Gasteiger partial charge in [-0.25, -0.2) is 0 Å². The van der Waals surface area contributed by atoms with Crippen LogP contribution < -0.4 is 5.32 Å². The van der Waals surface area contributed by atoms with Gasteiger partial charge in [-0.3, -0.25) is 0 Å². The Morgan fingerprint density at radius 3 is 2.60 bits per heavy atom. The van der Waals surface area contributed by atoms with Gasteiger partial charge in [-0.1, -0.05) is 19.9 Å². The normalized spacial score (nSPS) is 17.7. The van der Waals surface area contributed by atoms with E-state index in [0.29, 0.717) is 12.6 Å². The zero-order chi connectivity index (χ0) is 11.5. The zero-order valence-electron chi connectivity index (χ0n) is 9.95. The number of hydrogen-bond donors (Lipinski definition) is 2. The number of nitrogens with one attached hydrogen (secondary N) is 1. The van der Waals surface area contributed by atoms with Gasteiger partial charge in [0.2, 0.25) is 0 Å². The predicted molar refractivity (Wildman–Crippen MR) is 66.2 cm³/mol. The molecule has 0 saturated heterocycles. The van der Waals surface area contributed by atoms with E-state index in [0.717, 1.165) is 0 Å². The monoisotopic (exact) mass is 227 g/mol. The number of aliphatic hydroxyl groups is 1. The molecule has 0 amide bonds. The third kappa shape index (κ3) is 3.59. The molecule has 0 aliphatic heterocycles. The lowest BCUT2D eigenvalue weighted by molar-refractivity contribution is 0.0123. The highest BCUT2D eigenvalue weighted by atomic mass is 32.1. The van der Waals surface area contributed by atoms with E-state index < -0.39 is 5.60 Å². The molecule has 0 aliphatic carbocycles. The quantitative estimate of drug-likeness (QED) is 0.810. The van der Waals surface area contributed by atoms with Crippen LogP contribution in [0.15, 0.2) is 17.5 Å². The maximum Gasteiger partial charge on any atom is 0.0766 e. The second kappa shape index (κ2) is 5.10. The van der Waals surface area contributed by atoms with E-state index in [2.05, 4.69) is 29.8 Å². The first-order valence-electron chi connectivity index (χ1n) is 5.42. The Labute approximate surface area is 96.3 Å². The lowest BCUT2D eigenvalue weighted by atomic mass is 9.92. The molecule has 15 heavy (non-hydrogen) atoms. The molecular formula is C12H21NOS. The molecule has 0 radical (unpaired) electrons. The summed E-state index contributed by atoms with van der Waals surface area (Å²) in [5.41, 5.74) is -0.633. The van der Waals surface area contributed by atoms with E-state index in [9.17, 15) is 5.11 Å². The molecule has 0 bridgehead atoms. The summed E-state index contributed by atoms with van der Waals surface area (Å²) in [5, 5.41) is 15.5. The van der Waals surface area contributed by atoms with Crippen molar-refractivity contribution in [2.45, 2.75) is 39.3 Å². The first-order chi connectivity index (χ1) is 6.93. The molecule has 3 heteroatoms. The van der Waals surface area contributed by atoms with Crippen molar-refractivity contribution in [3.8, 4) is 0 Å². The fourth-order valence-electron chi connectivity index (χ4n) is 1.20. The summed E-state index contributed by atoms with van der Waals surface area (Å²) in [7, 11) is 0. The average molecular weight is 227 g/mol. The van der Waals surface area contributed by atoms with Crippen LogP contribution in [0.5, 0.6) is 0 Å². The van der Waals surface area contributed by atoms with Crippen molar-refractivity contribution in [2.75, 3.05) is 6.54 Å². The minimum atomic E-state index is -0.633. The molecule has 0 spiro atoms. The van der Waals surface area contributed by atoms with Crippen LogP contribution in [-0.2, 0) is 0 Å². The van der Waals surface area contributed by atoms with Crippen LogP contribution in [0.1, 0.15) is 38.6 Å². The second-order valence-corrected chi connectivity index (χ2v) is 5.61. The maximum absolute atomic E-state index is 10.1. The Morgan fingerprint density at radius 2 is 2.13 bits per heavy atom. The predicted octanol–water partition coefficient (Wildman–Crippen LogP) is 2.81. The van der Waals surface area contributed by atoms with Gasteiger partial charge in [-0.05, 0) is 31.2 Å². The topological polar surface area (TPSA) is 32.3 Å². The molecule has 0 saturated carbocycles. The lowest BCUT2D eigenvalue weighted by Crippen LogP contribution is -2.42. The average Bonchev–Trinajstić information content (AvgIpc) is 2.66. The molecule has 0 aliphatic rings. The minimum absolute atomic E-state index is 0.264. The van der Waals surface area contributed by atoms with E-state index in [1.807, 2.05) is 20.8 Å². The van der Waals surface area contributed by atoms with E-state index in [1.54, 1.807) is 11.3 Å². The molecule has 86 valence electrons. The Morgan fingerprint density at radius 1 is 1.47 bits per heavy atom. The fourth-order valence-corrected chi connectivity index (χ4v) is 1.96. The molecule has 2 N–H and O–H groups in total. The summed E-state index contributed by atoms with van der Waals surface area (Å²) < 4.78 is 0. The van der Waals surface area contributed by atoms with Crippen LogP contribution in [0.4, 0.5) is 0 Å². The minimum Gasteiger partial charge on any atom is -0.389 e. The molecule has 1 aromatic heterocycles. The molecule has 1 aromatic rings. The highest BCUT2D eigenvalue weighted by Crippen LogP contribution is 2.20. The van der Waals surface area contributed by atoms with E-state index in [-0.39, 0.29) is 5.92 Å². The van der Waals surface area contributed by atoms with Gasteiger partial charge in [-0.2, -0.15) is 0 Å². The summed E-state index contributed by atoms with van der Waals surface area (Å²) in [4.78, 5) is 1.31. The standard InChI is InChI=1S/C12H21NOS/c1-9(2)12(4,14)8-13-10(3)11-6-5-7-15-11/h5-7,9-10,13-14H,8H2,1-4H3/t10-,12?/m0/s1.